The van der Waals surface area contributed by atoms with Crippen molar-refractivity contribution in [2.45, 2.75) is 76.5 Å². The molecule has 0 radical (unpaired) electrons. The van der Waals surface area contributed by atoms with Crippen LogP contribution in [0.1, 0.15) is 69.2 Å². The lowest BCUT2D eigenvalue weighted by atomic mass is 9.76. The van der Waals surface area contributed by atoms with Gasteiger partial charge in [0.05, 0.1) is 17.7 Å². The number of fused-ring (bicyclic) bond motifs is 3. The first-order valence-corrected chi connectivity index (χ1v) is 10.9. The molecule has 0 unspecified atom stereocenters. The number of H-pyrrole nitrogens is 1. The summed E-state index contributed by atoms with van der Waals surface area (Å²) in [4.78, 5) is 17.9. The average molecular weight is 414 g/mol. The molecule has 4 nitrogen and oxygen atoms in total. The van der Waals surface area contributed by atoms with Gasteiger partial charge in [-0.1, -0.05) is 19.8 Å². The van der Waals surface area contributed by atoms with Gasteiger partial charge in [-0.2, -0.15) is 0 Å². The molecule has 1 saturated carbocycles. The van der Waals surface area contributed by atoms with Crippen LogP contribution in [0.3, 0.4) is 0 Å². The fraction of sp³-hybridized carbons (Fsp3) is 0.542. The number of amides is 1. The van der Waals surface area contributed by atoms with Crippen LogP contribution >= 0.6 is 0 Å². The highest BCUT2D eigenvalue weighted by Gasteiger charge is 2.43. The quantitative estimate of drug-likeness (QED) is 0.718. The van der Waals surface area contributed by atoms with Crippen LogP contribution in [0.15, 0.2) is 12.1 Å². The topological polar surface area (TPSA) is 56.3 Å². The molecule has 0 saturated heterocycles. The van der Waals surface area contributed by atoms with E-state index in [1.165, 1.54) is 6.07 Å². The van der Waals surface area contributed by atoms with E-state index in [4.69, 9.17) is 6.42 Å². The summed E-state index contributed by atoms with van der Waals surface area (Å²) in [7, 11) is 0. The first kappa shape index (κ1) is 20.9. The highest BCUT2D eigenvalue weighted by Crippen LogP contribution is 2.46. The Hall–Kier alpha value is -2.39. The molecule has 1 aromatic carbocycles. The van der Waals surface area contributed by atoms with E-state index >= 15 is 0 Å². The number of aromatic amines is 1. The molecule has 1 aliphatic carbocycles. The zero-order valence-electron chi connectivity index (χ0n) is 17.3. The molecule has 2 aliphatic rings. The first-order chi connectivity index (χ1) is 14.4. The number of hydrogen-bond donors (Lipinski definition) is 2. The Morgan fingerprint density at radius 1 is 1.30 bits per heavy atom. The number of nitrogens with zero attached hydrogens (tertiary/aromatic N) is 1. The van der Waals surface area contributed by atoms with Crippen molar-refractivity contribution in [3.8, 4) is 12.3 Å². The molecule has 4 rings (SSSR count). The van der Waals surface area contributed by atoms with Crippen molar-refractivity contribution in [3.05, 3.63) is 35.0 Å². The number of aliphatic hydroxyl groups excluding tert-OH is 1. The van der Waals surface area contributed by atoms with E-state index in [0.717, 1.165) is 49.4 Å². The van der Waals surface area contributed by atoms with Gasteiger partial charge in [-0.15, -0.1) is 6.42 Å². The molecule has 2 heterocycles. The fourth-order valence-electron chi connectivity index (χ4n) is 5.39. The Bertz CT molecular complexity index is 985. The highest BCUT2D eigenvalue weighted by molar-refractivity contribution is 5.94. The zero-order valence-corrected chi connectivity index (χ0v) is 17.3. The second-order valence-electron chi connectivity index (χ2n) is 8.70. The van der Waals surface area contributed by atoms with Crippen LogP contribution < -0.4 is 0 Å². The van der Waals surface area contributed by atoms with E-state index in [0.29, 0.717) is 24.6 Å². The van der Waals surface area contributed by atoms with Gasteiger partial charge in [-0.3, -0.25) is 4.79 Å². The van der Waals surface area contributed by atoms with Crippen molar-refractivity contribution in [1.29, 1.82) is 0 Å². The normalized spacial score (nSPS) is 26.4. The van der Waals surface area contributed by atoms with Crippen molar-refractivity contribution in [1.82, 2.24) is 9.88 Å². The number of terminal acetylenes is 1. The molecule has 1 amide bonds. The van der Waals surface area contributed by atoms with Crippen molar-refractivity contribution in [2.75, 3.05) is 0 Å². The zero-order chi connectivity index (χ0) is 21.4. The Balaban J connectivity index is 1.87. The van der Waals surface area contributed by atoms with Gasteiger partial charge in [0.25, 0.3) is 5.91 Å². The molecule has 2 N–H and O–H groups in total. The summed E-state index contributed by atoms with van der Waals surface area (Å²) in [5, 5.41) is 10.5. The average Bonchev–Trinajstić information content (AvgIpc) is 3.10. The summed E-state index contributed by atoms with van der Waals surface area (Å²) in [6.45, 7) is 2.10. The Morgan fingerprint density at radius 3 is 2.70 bits per heavy atom. The monoisotopic (exact) mass is 414 g/mol. The lowest BCUT2D eigenvalue weighted by molar-refractivity contribution is -0.133. The van der Waals surface area contributed by atoms with E-state index in [9.17, 15) is 18.7 Å². The fourth-order valence-corrected chi connectivity index (χ4v) is 5.39. The van der Waals surface area contributed by atoms with Crippen LogP contribution in [0.25, 0.3) is 10.9 Å². The number of aliphatic hydroxyl groups is 1. The maximum absolute atomic E-state index is 14.6. The Morgan fingerprint density at radius 2 is 2.03 bits per heavy atom. The lowest BCUT2D eigenvalue weighted by Gasteiger charge is -2.46. The number of nitrogens with one attached hydrogen (secondary N) is 1. The van der Waals surface area contributed by atoms with E-state index in [-0.39, 0.29) is 35.5 Å². The molecular formula is C24H28F2N2O2. The van der Waals surface area contributed by atoms with Crippen LogP contribution in [0, 0.1) is 29.9 Å². The Labute approximate surface area is 175 Å². The molecule has 6 heteroatoms. The third-order valence-corrected chi connectivity index (χ3v) is 6.83. The van der Waals surface area contributed by atoms with E-state index in [1.54, 1.807) is 0 Å². The predicted molar refractivity (Wildman–Crippen MR) is 112 cm³/mol. The smallest absolute Gasteiger partial charge is 0.299 e. The predicted octanol–water partition coefficient (Wildman–Crippen LogP) is 4.62. The van der Waals surface area contributed by atoms with Crippen molar-refractivity contribution in [3.63, 3.8) is 0 Å². The molecule has 2 atom stereocenters. The SMILES string of the molecule is C#CC(=O)N1[C@@H](CCCC)Cc2c([nH]c3c(F)cc(F)cc23)[C@@H]1C1CCC(O)CC1. The molecule has 160 valence electrons. The molecule has 0 bridgehead atoms. The van der Waals surface area contributed by atoms with Crippen LogP contribution in [0.2, 0.25) is 0 Å². The number of halogens is 2. The van der Waals surface area contributed by atoms with E-state index in [2.05, 4.69) is 17.8 Å². The van der Waals surface area contributed by atoms with Gasteiger partial charge in [-0.05, 0) is 62.0 Å². The van der Waals surface area contributed by atoms with Crippen molar-refractivity contribution in [2.24, 2.45) is 5.92 Å². The summed E-state index contributed by atoms with van der Waals surface area (Å²) in [5.41, 5.74) is 1.94. The molecule has 0 spiro atoms. The van der Waals surface area contributed by atoms with Crippen LogP contribution in [0.4, 0.5) is 8.78 Å². The maximum atomic E-state index is 14.6. The molecule has 1 aromatic heterocycles. The van der Waals surface area contributed by atoms with Gasteiger partial charge < -0.3 is 15.0 Å². The molecule has 30 heavy (non-hydrogen) atoms. The van der Waals surface area contributed by atoms with Crippen molar-refractivity contribution >= 4 is 16.8 Å². The summed E-state index contributed by atoms with van der Waals surface area (Å²) in [6, 6.07) is 1.84. The highest BCUT2D eigenvalue weighted by atomic mass is 19.1. The van der Waals surface area contributed by atoms with Crippen molar-refractivity contribution < 1.29 is 18.7 Å². The van der Waals surface area contributed by atoms with E-state index in [1.807, 2.05) is 4.90 Å². The first-order valence-electron chi connectivity index (χ1n) is 10.9. The number of aromatic nitrogens is 1. The van der Waals surface area contributed by atoms with E-state index < -0.39 is 11.6 Å². The number of rotatable bonds is 4. The van der Waals surface area contributed by atoms with Gasteiger partial charge >= 0.3 is 0 Å². The van der Waals surface area contributed by atoms with Gasteiger partial charge in [0, 0.05) is 23.2 Å². The summed E-state index contributed by atoms with van der Waals surface area (Å²) in [6.07, 6.45) is 11.3. The maximum Gasteiger partial charge on any atom is 0.299 e. The van der Waals surface area contributed by atoms with Gasteiger partial charge in [0.2, 0.25) is 0 Å². The summed E-state index contributed by atoms with van der Waals surface area (Å²) in [5.74, 6) is 0.809. The Kier molecular flexibility index (Phi) is 5.84. The number of hydrogen-bond acceptors (Lipinski definition) is 2. The van der Waals surface area contributed by atoms with Gasteiger partial charge in [0.15, 0.2) is 0 Å². The second-order valence-corrected chi connectivity index (χ2v) is 8.70. The molecule has 2 aromatic rings. The second kappa shape index (κ2) is 8.39. The number of carbonyl (C=O) groups is 1. The number of carbonyl (C=O) groups excluding carboxylic acids is 1. The molecule has 1 fully saturated rings. The minimum atomic E-state index is -0.628. The third kappa shape index (κ3) is 3.60. The largest absolute Gasteiger partial charge is 0.393 e. The molecular weight excluding hydrogens is 386 g/mol. The summed E-state index contributed by atoms with van der Waals surface area (Å²) < 4.78 is 28.6. The summed E-state index contributed by atoms with van der Waals surface area (Å²) >= 11 is 0. The van der Waals surface area contributed by atoms with Gasteiger partial charge in [-0.25, -0.2) is 8.78 Å². The molecule has 1 aliphatic heterocycles. The number of unbranched alkanes of at least 4 members (excludes halogenated alkanes) is 1. The van der Waals surface area contributed by atoms with Crippen LogP contribution in [0.5, 0.6) is 0 Å². The standard InChI is InChI=1S/C24H28F2N2O2/c1-3-5-6-16-13-19-18-11-15(25)12-20(26)22(18)27-23(19)24(28(16)21(30)4-2)14-7-9-17(29)10-8-14/h2,11-12,14,16-17,24,27,29H,3,5-10,13H2,1H3/t14?,16-,17?,24-/m0/s1. The lowest BCUT2D eigenvalue weighted by Crippen LogP contribution is -2.49. The van der Waals surface area contributed by atoms with Gasteiger partial charge in [0.1, 0.15) is 11.6 Å². The van der Waals surface area contributed by atoms with Crippen LogP contribution in [-0.2, 0) is 11.2 Å². The minimum Gasteiger partial charge on any atom is -0.393 e. The minimum absolute atomic E-state index is 0.106. The number of benzene rings is 1. The van der Waals surface area contributed by atoms with Crippen LogP contribution in [-0.4, -0.2) is 33.0 Å². The third-order valence-electron chi connectivity index (χ3n) is 6.83.